The van der Waals surface area contributed by atoms with Crippen molar-refractivity contribution in [2.45, 2.75) is 32.1 Å². The van der Waals surface area contributed by atoms with Crippen molar-refractivity contribution >= 4 is 34.4 Å². The molecule has 7 rings (SSSR count). The van der Waals surface area contributed by atoms with E-state index in [1.165, 1.54) is 12.1 Å². The Morgan fingerprint density at radius 3 is 2.71 bits per heavy atom. The van der Waals surface area contributed by atoms with Crippen LogP contribution in [-0.2, 0) is 4.79 Å². The minimum atomic E-state index is 0.0896. The number of nitrogens with one attached hydrogen (secondary N) is 3. The largest absolute Gasteiger partial charge is 0.368 e. The summed E-state index contributed by atoms with van der Waals surface area (Å²) in [6.45, 7) is 4.07. The molecule has 1 saturated carbocycles. The van der Waals surface area contributed by atoms with Crippen molar-refractivity contribution < 1.29 is 4.79 Å². The third-order valence-electron chi connectivity index (χ3n) is 8.53. The van der Waals surface area contributed by atoms with E-state index in [-0.39, 0.29) is 11.8 Å². The van der Waals surface area contributed by atoms with Crippen molar-refractivity contribution in [2.24, 2.45) is 5.92 Å². The molecule has 2 aliphatic carbocycles. The second kappa shape index (κ2) is 10.8. The van der Waals surface area contributed by atoms with Crippen LogP contribution in [0.15, 0.2) is 54.7 Å². The molecule has 1 aliphatic heterocycles. The number of rotatable bonds is 5. The highest BCUT2D eigenvalue weighted by Gasteiger charge is 2.23. The third-order valence-corrected chi connectivity index (χ3v) is 8.53. The predicted octanol–water partition coefficient (Wildman–Crippen LogP) is 5.30. The van der Waals surface area contributed by atoms with Gasteiger partial charge in [0.05, 0.1) is 29.0 Å². The molecule has 0 atom stereocenters. The Labute approximate surface area is 239 Å². The minimum Gasteiger partial charge on any atom is -0.368 e. The zero-order chi connectivity index (χ0) is 27.8. The predicted molar refractivity (Wildman–Crippen MR) is 162 cm³/mol. The average molecular weight is 547 g/mol. The maximum Gasteiger partial charge on any atom is 0.227 e. The number of fused-ring (bicyclic) bond motifs is 2. The van der Waals surface area contributed by atoms with Crippen LogP contribution in [0.4, 0.5) is 5.69 Å². The molecule has 4 aromatic rings. The highest BCUT2D eigenvalue weighted by atomic mass is 16.1. The molecule has 1 saturated heterocycles. The lowest BCUT2D eigenvalue weighted by Gasteiger charge is -2.35. The molecule has 4 aromatic heterocycles. The number of carbonyl (C=O) groups excluding carboxylic acids is 1. The van der Waals surface area contributed by atoms with Crippen LogP contribution in [0, 0.1) is 5.92 Å². The maximum atomic E-state index is 12.8. The fraction of sp³-hybridized carbons (Fsp3) is 0.344. The summed E-state index contributed by atoms with van der Waals surface area (Å²) >= 11 is 0. The highest BCUT2D eigenvalue weighted by Crippen LogP contribution is 2.34. The summed E-state index contributed by atoms with van der Waals surface area (Å²) in [7, 11) is 2.17. The van der Waals surface area contributed by atoms with Crippen molar-refractivity contribution in [1.82, 2.24) is 34.9 Å². The average Bonchev–Trinajstić information content (AvgIpc) is 3.57. The Morgan fingerprint density at radius 1 is 1.02 bits per heavy atom. The van der Waals surface area contributed by atoms with Gasteiger partial charge in [-0.15, -0.1) is 5.73 Å². The Kier molecular flexibility index (Phi) is 6.74. The number of hydrogen-bond acceptors (Lipinski definition) is 6. The summed E-state index contributed by atoms with van der Waals surface area (Å²) in [6.07, 6.45) is 16.9. The quantitative estimate of drug-likeness (QED) is 0.293. The molecule has 0 unspecified atom stereocenters. The van der Waals surface area contributed by atoms with Gasteiger partial charge in [-0.25, -0.2) is 4.98 Å². The Morgan fingerprint density at radius 2 is 1.85 bits per heavy atom. The minimum absolute atomic E-state index is 0.0896. The van der Waals surface area contributed by atoms with Gasteiger partial charge in [0.15, 0.2) is 5.65 Å². The van der Waals surface area contributed by atoms with E-state index >= 15 is 0 Å². The van der Waals surface area contributed by atoms with Crippen LogP contribution in [0.2, 0.25) is 0 Å². The van der Waals surface area contributed by atoms with Crippen molar-refractivity contribution in [3.63, 3.8) is 0 Å². The number of piperazine rings is 1. The fourth-order valence-electron chi connectivity index (χ4n) is 6.14. The third kappa shape index (κ3) is 5.10. The molecule has 208 valence electrons. The number of allylic oxidation sites excluding steroid dienone is 2. The molecule has 1 amide bonds. The lowest BCUT2D eigenvalue weighted by Crippen LogP contribution is -2.43. The zero-order valence-corrected chi connectivity index (χ0v) is 23.3. The number of hydrogen-bond donors (Lipinski definition) is 3. The van der Waals surface area contributed by atoms with Crippen LogP contribution in [0.1, 0.15) is 43.4 Å². The van der Waals surface area contributed by atoms with Crippen LogP contribution in [0.3, 0.4) is 0 Å². The molecule has 2 fully saturated rings. The van der Waals surface area contributed by atoms with Gasteiger partial charge in [-0.2, -0.15) is 5.10 Å². The Balaban J connectivity index is 1.18. The van der Waals surface area contributed by atoms with Gasteiger partial charge < -0.3 is 20.1 Å². The summed E-state index contributed by atoms with van der Waals surface area (Å²) in [5.41, 5.74) is 11.7. The number of H-pyrrole nitrogens is 2. The summed E-state index contributed by atoms with van der Waals surface area (Å²) in [5.74, 6) is 0.182. The van der Waals surface area contributed by atoms with Crippen molar-refractivity contribution in [3.8, 4) is 22.5 Å². The van der Waals surface area contributed by atoms with Crippen molar-refractivity contribution in [1.29, 1.82) is 0 Å². The normalized spacial score (nSPS) is 17.9. The van der Waals surface area contributed by atoms with E-state index in [1.54, 1.807) is 12.4 Å². The monoisotopic (exact) mass is 546 g/mol. The van der Waals surface area contributed by atoms with E-state index in [9.17, 15) is 4.79 Å². The highest BCUT2D eigenvalue weighted by molar-refractivity contribution is 5.95. The number of carbonyl (C=O) groups is 1. The summed E-state index contributed by atoms with van der Waals surface area (Å²) < 4.78 is 0. The molecule has 9 nitrogen and oxygen atoms in total. The molecule has 0 bridgehead atoms. The van der Waals surface area contributed by atoms with Crippen LogP contribution in [0.25, 0.3) is 45.3 Å². The van der Waals surface area contributed by atoms with E-state index in [0.29, 0.717) is 11.3 Å². The van der Waals surface area contributed by atoms with Crippen LogP contribution < -0.4 is 5.32 Å². The topological polar surface area (TPSA) is 106 Å². The maximum absolute atomic E-state index is 12.8. The first-order valence-corrected chi connectivity index (χ1v) is 14.5. The molecular formula is C32H34N8O. The van der Waals surface area contributed by atoms with E-state index in [0.717, 1.165) is 91.0 Å². The van der Waals surface area contributed by atoms with Gasteiger partial charge in [-0.3, -0.25) is 14.9 Å². The first-order valence-electron chi connectivity index (χ1n) is 14.5. The first-order chi connectivity index (χ1) is 20.1. The van der Waals surface area contributed by atoms with Gasteiger partial charge in [0.25, 0.3) is 0 Å². The van der Waals surface area contributed by atoms with Gasteiger partial charge in [-0.1, -0.05) is 19.3 Å². The molecule has 0 aromatic carbocycles. The Bertz CT molecular complexity index is 1690. The number of pyridine rings is 2. The van der Waals surface area contributed by atoms with Crippen LogP contribution in [-0.4, -0.2) is 74.1 Å². The standard InChI is InChI=1S/C32H34N8O/c1-39-11-13-40(14-12-39)29-10-6-5-9-27-25(29)17-28(36-27)30-26-16-23(19-34-31(26)38-37-30)22-15-24(20-33-18-22)35-32(41)21-7-3-2-4-8-21/h6,9-10,15-21,36H,2-4,7-8,11-14H2,1H3,(H,35,41)(H,34,37,38). The van der Waals surface area contributed by atoms with E-state index in [4.69, 9.17) is 0 Å². The van der Waals surface area contributed by atoms with Gasteiger partial charge in [-0.05, 0) is 50.2 Å². The number of amides is 1. The molecule has 0 radical (unpaired) electrons. The number of likely N-dealkylation sites (N-methyl/N-ethyl adjacent to an activating group) is 1. The molecule has 5 heterocycles. The zero-order valence-electron chi connectivity index (χ0n) is 23.3. The molecule has 41 heavy (non-hydrogen) atoms. The lowest BCUT2D eigenvalue weighted by atomic mass is 9.88. The second-order valence-electron chi connectivity index (χ2n) is 11.3. The number of anilines is 1. The molecular weight excluding hydrogens is 512 g/mol. The molecule has 3 N–H and O–H groups in total. The van der Waals surface area contributed by atoms with Gasteiger partial charge in [0.2, 0.25) is 5.91 Å². The van der Waals surface area contributed by atoms with Crippen molar-refractivity contribution in [3.05, 3.63) is 65.9 Å². The summed E-state index contributed by atoms with van der Waals surface area (Å²) in [4.78, 5) is 30.3. The number of aromatic amines is 2. The van der Waals surface area contributed by atoms with E-state index < -0.39 is 0 Å². The van der Waals surface area contributed by atoms with Gasteiger partial charge in [0.1, 0.15) is 0 Å². The van der Waals surface area contributed by atoms with E-state index in [1.807, 2.05) is 24.4 Å². The number of aromatic nitrogens is 5. The van der Waals surface area contributed by atoms with Gasteiger partial charge in [0, 0.05) is 78.3 Å². The smallest absolute Gasteiger partial charge is 0.227 e. The first kappa shape index (κ1) is 25.5. The van der Waals surface area contributed by atoms with Crippen LogP contribution >= 0.6 is 0 Å². The summed E-state index contributed by atoms with van der Waals surface area (Å²) in [5, 5.41) is 11.7. The SMILES string of the molecule is CN1CCN(C2=CC=C=Cc3[nH]c(-c4[nH]nc5ncc(-c6cncc(NC(=O)C7CCCCC7)c6)cc45)cc32)CC1. The Hall–Kier alpha value is -4.46. The van der Waals surface area contributed by atoms with Crippen LogP contribution in [0.5, 0.6) is 0 Å². The van der Waals surface area contributed by atoms with E-state index in [2.05, 4.69) is 71.3 Å². The number of nitrogens with zero attached hydrogens (tertiary/aromatic N) is 5. The molecule has 0 spiro atoms. The molecule has 9 heteroatoms. The fourth-order valence-corrected chi connectivity index (χ4v) is 6.14. The van der Waals surface area contributed by atoms with Crippen molar-refractivity contribution in [2.75, 3.05) is 38.5 Å². The summed E-state index contributed by atoms with van der Waals surface area (Å²) in [6, 6.07) is 6.25. The molecule has 3 aliphatic rings. The van der Waals surface area contributed by atoms with Gasteiger partial charge >= 0.3 is 0 Å². The second-order valence-corrected chi connectivity index (χ2v) is 11.3. The lowest BCUT2D eigenvalue weighted by molar-refractivity contribution is -0.120.